The van der Waals surface area contributed by atoms with E-state index in [1.54, 1.807) is 0 Å². The van der Waals surface area contributed by atoms with E-state index in [2.05, 4.69) is 198 Å². The summed E-state index contributed by atoms with van der Waals surface area (Å²) in [4.78, 5) is 7.85. The van der Waals surface area contributed by atoms with Gasteiger partial charge in [0.1, 0.15) is 0 Å². The molecule has 8 aromatic rings. The lowest BCUT2D eigenvalue weighted by atomic mass is 9.33. The lowest BCUT2D eigenvalue weighted by Crippen LogP contribution is -2.64. The molecule has 12 rings (SSSR count). The van der Waals surface area contributed by atoms with Crippen molar-refractivity contribution in [2.45, 2.75) is 50.5 Å². The van der Waals surface area contributed by atoms with Crippen molar-refractivity contribution in [3.63, 3.8) is 0 Å². The van der Waals surface area contributed by atoms with E-state index in [0.717, 1.165) is 5.69 Å². The van der Waals surface area contributed by atoms with Crippen LogP contribution in [-0.2, 0) is 5.41 Å². The van der Waals surface area contributed by atoms with Gasteiger partial charge in [-0.1, -0.05) is 141 Å². The summed E-state index contributed by atoms with van der Waals surface area (Å²) < 4.78 is 0. The molecule has 2 unspecified atom stereocenters. The number of hydrogen-bond acceptors (Lipinski definition) is 3. The summed E-state index contributed by atoms with van der Waals surface area (Å²) in [6.07, 6.45) is 4.99. The van der Waals surface area contributed by atoms with Crippen molar-refractivity contribution >= 4 is 90.1 Å². The second-order valence-corrected chi connectivity index (χ2v) is 16.8. The van der Waals surface area contributed by atoms with E-state index >= 15 is 0 Å². The van der Waals surface area contributed by atoms with Crippen LogP contribution in [0, 0.1) is 0 Å². The third-order valence-electron chi connectivity index (χ3n) is 14.2. The van der Waals surface area contributed by atoms with Crippen molar-refractivity contribution in [2.24, 2.45) is 0 Å². The molecule has 1 fully saturated rings. The molecule has 268 valence electrons. The fourth-order valence-corrected chi connectivity index (χ4v) is 11.4. The number of fused-ring (bicyclic) bond motifs is 9. The van der Waals surface area contributed by atoms with Crippen LogP contribution < -0.4 is 31.1 Å². The SMILES string of the molecule is CC12CCCCC1(C)N1c3cccc4c3B(c3ccc(N(c5cccc6ccccc56)c5cccc6ccccc56)cc3N4c3ccccc3)c3cccc2c31. The van der Waals surface area contributed by atoms with Gasteiger partial charge >= 0.3 is 0 Å². The lowest BCUT2D eigenvalue weighted by molar-refractivity contribution is 0.195. The third-order valence-corrected chi connectivity index (χ3v) is 14.2. The van der Waals surface area contributed by atoms with Gasteiger partial charge in [-0.3, -0.25) is 0 Å². The van der Waals surface area contributed by atoms with Crippen molar-refractivity contribution in [2.75, 3.05) is 14.7 Å². The van der Waals surface area contributed by atoms with E-state index in [4.69, 9.17) is 0 Å². The normalized spacial score (nSPS) is 20.1. The zero-order chi connectivity index (χ0) is 37.2. The Hall–Kier alpha value is -6.26. The molecule has 0 radical (unpaired) electrons. The molecule has 1 aliphatic carbocycles. The Morgan fingerprint density at radius 2 is 1.16 bits per heavy atom. The van der Waals surface area contributed by atoms with E-state index < -0.39 is 0 Å². The van der Waals surface area contributed by atoms with Crippen molar-refractivity contribution in [3.8, 4) is 0 Å². The Bertz CT molecular complexity index is 2810. The minimum atomic E-state index is 0.0168. The van der Waals surface area contributed by atoms with Crippen molar-refractivity contribution in [1.29, 1.82) is 0 Å². The Morgan fingerprint density at radius 1 is 0.536 bits per heavy atom. The van der Waals surface area contributed by atoms with Crippen molar-refractivity contribution in [1.82, 2.24) is 0 Å². The molecule has 4 heteroatoms. The van der Waals surface area contributed by atoms with Gasteiger partial charge in [0, 0.05) is 50.3 Å². The molecule has 0 spiro atoms. The summed E-state index contributed by atoms with van der Waals surface area (Å²) >= 11 is 0. The smallest absolute Gasteiger partial charge is 0.252 e. The van der Waals surface area contributed by atoms with Gasteiger partial charge < -0.3 is 14.7 Å². The molecule has 0 aromatic heterocycles. The number of para-hydroxylation sites is 2. The summed E-state index contributed by atoms with van der Waals surface area (Å²) in [6, 6.07) is 63.6. The first-order valence-corrected chi connectivity index (χ1v) is 20.4. The van der Waals surface area contributed by atoms with Gasteiger partial charge in [0.2, 0.25) is 0 Å². The molecule has 8 aromatic carbocycles. The molecule has 2 atom stereocenters. The summed E-state index contributed by atoms with van der Waals surface area (Å²) in [5.41, 5.74) is 15.9. The minimum Gasteiger partial charge on any atom is -0.335 e. The first-order valence-electron chi connectivity index (χ1n) is 20.4. The maximum Gasteiger partial charge on any atom is 0.252 e. The molecule has 3 nitrogen and oxygen atoms in total. The molecule has 0 N–H and O–H groups in total. The van der Waals surface area contributed by atoms with Crippen LogP contribution in [0.25, 0.3) is 21.5 Å². The van der Waals surface area contributed by atoms with Gasteiger partial charge in [-0.25, -0.2) is 0 Å². The number of rotatable bonds is 4. The zero-order valence-corrected chi connectivity index (χ0v) is 31.9. The highest BCUT2D eigenvalue weighted by Crippen LogP contribution is 2.61. The topological polar surface area (TPSA) is 9.72 Å². The zero-order valence-electron chi connectivity index (χ0n) is 31.9. The van der Waals surface area contributed by atoms with Crippen LogP contribution in [0.2, 0.25) is 0 Å². The van der Waals surface area contributed by atoms with Gasteiger partial charge in [0.05, 0.1) is 16.9 Å². The first-order chi connectivity index (χ1) is 27.5. The third kappa shape index (κ3) is 4.14. The molecule has 4 aliphatic rings. The molecular weight excluding hydrogens is 677 g/mol. The maximum absolute atomic E-state index is 2.80. The van der Waals surface area contributed by atoms with Gasteiger partial charge in [0.25, 0.3) is 6.71 Å². The highest BCUT2D eigenvalue weighted by atomic mass is 15.3. The fourth-order valence-electron chi connectivity index (χ4n) is 11.4. The Balaban J connectivity index is 1.15. The van der Waals surface area contributed by atoms with Crippen LogP contribution in [-0.4, -0.2) is 12.3 Å². The Labute approximate surface area is 329 Å². The molecule has 3 heterocycles. The van der Waals surface area contributed by atoms with E-state index in [0.29, 0.717) is 0 Å². The maximum atomic E-state index is 2.80. The van der Waals surface area contributed by atoms with Crippen LogP contribution in [0.1, 0.15) is 45.1 Å². The number of benzene rings is 8. The molecule has 0 bridgehead atoms. The van der Waals surface area contributed by atoms with Gasteiger partial charge in [-0.2, -0.15) is 0 Å². The molecule has 0 saturated heterocycles. The average Bonchev–Trinajstić information content (AvgIpc) is 3.46. The molecule has 56 heavy (non-hydrogen) atoms. The van der Waals surface area contributed by atoms with E-state index in [1.807, 2.05) is 0 Å². The van der Waals surface area contributed by atoms with Crippen LogP contribution >= 0.6 is 0 Å². The van der Waals surface area contributed by atoms with Gasteiger partial charge in [-0.15, -0.1) is 0 Å². The number of anilines is 8. The predicted molar refractivity (Wildman–Crippen MR) is 238 cm³/mol. The molecular formula is C52H42BN3. The van der Waals surface area contributed by atoms with Crippen LogP contribution in [0.3, 0.4) is 0 Å². The molecule has 3 aliphatic heterocycles. The van der Waals surface area contributed by atoms with Crippen LogP contribution in [0.15, 0.2) is 170 Å². The van der Waals surface area contributed by atoms with Crippen LogP contribution in [0.4, 0.5) is 45.5 Å². The average molecular weight is 720 g/mol. The van der Waals surface area contributed by atoms with E-state index in [9.17, 15) is 0 Å². The lowest BCUT2D eigenvalue weighted by Gasteiger charge is -2.52. The van der Waals surface area contributed by atoms with Crippen molar-refractivity contribution < 1.29 is 0 Å². The monoisotopic (exact) mass is 719 g/mol. The fraction of sp³-hybridized carbons (Fsp3) is 0.154. The summed E-state index contributed by atoms with van der Waals surface area (Å²) in [5, 5.41) is 4.92. The predicted octanol–water partition coefficient (Wildman–Crippen LogP) is 11.8. The Morgan fingerprint density at radius 3 is 1.91 bits per heavy atom. The van der Waals surface area contributed by atoms with E-state index in [-0.39, 0.29) is 17.7 Å². The van der Waals surface area contributed by atoms with Gasteiger partial charge in [-0.05, 0) is 101 Å². The first kappa shape index (κ1) is 32.0. The second kappa shape index (κ2) is 11.6. The Kier molecular flexibility index (Phi) is 6.65. The second-order valence-electron chi connectivity index (χ2n) is 16.8. The van der Waals surface area contributed by atoms with Crippen molar-refractivity contribution in [3.05, 3.63) is 175 Å². The summed E-state index contributed by atoms with van der Waals surface area (Å²) in [5.74, 6) is 0. The summed E-state index contributed by atoms with van der Waals surface area (Å²) in [6.45, 7) is 5.24. The quantitative estimate of drug-likeness (QED) is 0.168. The van der Waals surface area contributed by atoms with E-state index in [1.165, 1.54) is 109 Å². The number of nitrogens with zero attached hydrogens (tertiary/aromatic N) is 3. The largest absolute Gasteiger partial charge is 0.335 e. The minimum absolute atomic E-state index is 0.0168. The van der Waals surface area contributed by atoms with Gasteiger partial charge in [0.15, 0.2) is 0 Å². The van der Waals surface area contributed by atoms with Crippen LogP contribution in [0.5, 0.6) is 0 Å². The highest BCUT2D eigenvalue weighted by molar-refractivity contribution is 7.00. The number of hydrogen-bond donors (Lipinski definition) is 0. The standard InChI is InChI=1S/C52H42BN3/c1-51-32-10-11-33-52(51,2)56-47-29-15-28-46-49(47)53(43-25-14-24-41(51)50(43)56)42-31-30-38(34-48(42)54(46)37-20-4-3-5-21-37)55(44-26-12-18-35-16-6-8-22-39(35)44)45-27-13-19-36-17-7-9-23-40(36)45/h3-9,12-31,34H,10-11,32-33H2,1-2H3. The molecule has 1 saturated carbocycles. The molecule has 0 amide bonds. The summed E-state index contributed by atoms with van der Waals surface area (Å²) in [7, 11) is 0. The highest BCUT2D eigenvalue weighted by Gasteiger charge is 2.61.